The van der Waals surface area contributed by atoms with Crippen molar-refractivity contribution in [2.75, 3.05) is 5.75 Å². The molecule has 252 valence electrons. The third-order valence-electron chi connectivity index (χ3n) is 4.60. The van der Waals surface area contributed by atoms with Gasteiger partial charge in [-0.05, 0) is 80.5 Å². The second-order valence-corrected chi connectivity index (χ2v) is 16.0. The van der Waals surface area contributed by atoms with Crippen LogP contribution < -0.4 is 0 Å². The van der Waals surface area contributed by atoms with Crippen molar-refractivity contribution in [3.63, 3.8) is 0 Å². The van der Waals surface area contributed by atoms with E-state index in [1.54, 1.807) is 34.4 Å². The predicted molar refractivity (Wildman–Crippen MR) is 205 cm³/mol. The summed E-state index contributed by atoms with van der Waals surface area (Å²) in [7, 11) is 0. The Kier molecular flexibility index (Phi) is 44.3. The number of aliphatic hydroxyl groups is 1. The highest BCUT2D eigenvalue weighted by Crippen LogP contribution is 2.28. The summed E-state index contributed by atoms with van der Waals surface area (Å²) >= 11 is 27.3. The summed E-state index contributed by atoms with van der Waals surface area (Å²) in [5, 5.41) is 28.4. The van der Waals surface area contributed by atoms with E-state index in [4.69, 9.17) is 54.0 Å². The Balaban J connectivity index is -0.000000102. The topological polar surface area (TPSA) is 139 Å². The molecule has 3 aromatic rings. The molecule has 0 aliphatic rings. The maximum Gasteiger partial charge on any atom is 0.177 e. The van der Waals surface area contributed by atoms with Crippen LogP contribution in [-0.4, -0.2) is 58.3 Å². The zero-order valence-electron chi connectivity index (χ0n) is 22.4. The maximum absolute atomic E-state index is 8.67. The lowest BCUT2D eigenvalue weighted by Crippen LogP contribution is -1.99. The average Bonchev–Trinajstić information content (AvgIpc) is 3.62. The molecule has 3 heterocycles. The summed E-state index contributed by atoms with van der Waals surface area (Å²) in [6, 6.07) is 0. The van der Waals surface area contributed by atoms with Gasteiger partial charge in [-0.2, -0.15) is 10.2 Å². The Hall–Kier alpha value is 0.180. The lowest BCUT2D eigenvalue weighted by Gasteiger charge is -2.07. The maximum atomic E-state index is 8.67. The van der Waals surface area contributed by atoms with Crippen LogP contribution in [0.25, 0.3) is 0 Å². The van der Waals surface area contributed by atoms with E-state index in [2.05, 4.69) is 58.3 Å². The van der Waals surface area contributed by atoms with Crippen LogP contribution in [0.15, 0.2) is 8.68 Å². The smallest absolute Gasteiger partial charge is 0.177 e. The van der Waals surface area contributed by atoms with Crippen molar-refractivity contribution in [1.82, 2.24) is 30.6 Å². The Morgan fingerprint density at radius 1 is 0.690 bits per heavy atom. The van der Waals surface area contributed by atoms with Crippen LogP contribution in [0.3, 0.4) is 0 Å². The van der Waals surface area contributed by atoms with Crippen LogP contribution in [0.2, 0.25) is 0 Å². The molecule has 17 heteroatoms. The lowest BCUT2D eigenvalue weighted by atomic mass is 10.2. The van der Waals surface area contributed by atoms with Crippen molar-refractivity contribution >= 4 is 106 Å². The molecule has 0 fully saturated rings. The average molecular weight is 760 g/mol. The van der Waals surface area contributed by atoms with E-state index in [9.17, 15) is 0 Å². The Morgan fingerprint density at radius 2 is 1.12 bits per heavy atom. The molecule has 0 spiro atoms. The summed E-state index contributed by atoms with van der Waals surface area (Å²) in [6.45, 7) is 12.8. The number of aliphatic hydroxyl groups excluding tert-OH is 1. The van der Waals surface area contributed by atoms with Gasteiger partial charge in [-0.25, -0.2) is 0 Å². The van der Waals surface area contributed by atoms with Gasteiger partial charge in [0.05, 0.1) is 6.10 Å². The number of thioether (sulfide) groups is 2. The van der Waals surface area contributed by atoms with Crippen LogP contribution in [0, 0.1) is 21.7 Å². The van der Waals surface area contributed by atoms with E-state index in [0.29, 0.717) is 13.2 Å². The number of nitrogens with zero attached hydrogens (tertiary/aromatic N) is 2. The minimum absolute atomic E-state index is 0. The first kappa shape index (κ1) is 54.6. The molecular formula is C25H55N6O2S9-. The highest BCUT2D eigenvalue weighted by Gasteiger charge is 2.07. The van der Waals surface area contributed by atoms with Gasteiger partial charge in [0.2, 0.25) is 0 Å². The number of aromatic nitrogens is 6. The Bertz CT molecular complexity index is 1130. The molecule has 0 radical (unpaired) electrons. The van der Waals surface area contributed by atoms with E-state index >= 15 is 0 Å². The predicted octanol–water partition coefficient (Wildman–Crippen LogP) is 12.2. The van der Waals surface area contributed by atoms with Gasteiger partial charge in [-0.15, -0.1) is 0 Å². The third kappa shape index (κ3) is 28.9. The lowest BCUT2D eigenvalue weighted by molar-refractivity contribution is 0.166. The molecule has 0 saturated heterocycles. The fourth-order valence-electron chi connectivity index (χ4n) is 2.00. The monoisotopic (exact) mass is 759 g/mol. The second kappa shape index (κ2) is 34.1. The number of hydrogen-bond acceptors (Lipinski definition) is 13. The van der Waals surface area contributed by atoms with Crippen LogP contribution in [0.4, 0.5) is 0 Å². The van der Waals surface area contributed by atoms with Crippen LogP contribution >= 0.6 is 106 Å². The van der Waals surface area contributed by atoms with Crippen molar-refractivity contribution in [3.8, 4) is 0 Å². The molecule has 0 saturated carbocycles. The molecule has 0 aromatic carbocycles. The van der Waals surface area contributed by atoms with E-state index < -0.39 is 0 Å². The van der Waals surface area contributed by atoms with Gasteiger partial charge in [0.25, 0.3) is 0 Å². The number of H-pyrrole nitrogens is 4. The Morgan fingerprint density at radius 3 is 1.38 bits per heavy atom. The Labute approximate surface area is 296 Å². The van der Waals surface area contributed by atoms with Crippen LogP contribution in [0.5, 0.6) is 0 Å². The first-order chi connectivity index (χ1) is 17.6. The van der Waals surface area contributed by atoms with Crippen LogP contribution in [-0.2, 0) is 0 Å². The highest BCUT2D eigenvalue weighted by atomic mass is 32.2. The molecule has 3 aromatic heterocycles. The van der Waals surface area contributed by atoms with Crippen molar-refractivity contribution < 1.29 is 10.6 Å². The molecule has 3 rings (SSSR count). The summed E-state index contributed by atoms with van der Waals surface area (Å²) < 4.78 is 5.05. The van der Waals surface area contributed by atoms with Gasteiger partial charge < -0.3 is 10.6 Å². The van der Waals surface area contributed by atoms with Gasteiger partial charge in [0.1, 0.15) is 0 Å². The second-order valence-electron chi connectivity index (χ2n) is 7.54. The van der Waals surface area contributed by atoms with E-state index in [-0.39, 0.29) is 41.3 Å². The van der Waals surface area contributed by atoms with Gasteiger partial charge >= 0.3 is 0 Å². The fraction of sp³-hybridized carbons (Fsp3) is 0.760. The minimum Gasteiger partial charge on any atom is -0.870 e. The zero-order valence-corrected chi connectivity index (χ0v) is 29.8. The SMILES string of the molecule is C.C.C.C.CCC(C)CSc1n[nH]c(=S)s1.CCC(CC)Sc1n[nH]c(=S)s1.CCC(O)CC.S=c1[nH][nH]c(=S)s1.[OH-]. The quantitative estimate of drug-likeness (QED) is 0.100. The third-order valence-corrected chi connectivity index (χ3v) is 11.2. The molecule has 6 N–H and O–H groups in total. The summed E-state index contributed by atoms with van der Waals surface area (Å²) in [4.78, 5) is 0. The fourth-order valence-corrected chi connectivity index (χ4v) is 7.73. The molecule has 0 bridgehead atoms. The largest absolute Gasteiger partial charge is 0.870 e. The van der Waals surface area contributed by atoms with Gasteiger partial charge in [0, 0.05) is 11.0 Å². The number of nitrogens with one attached hydrogen (secondary N) is 4. The molecule has 0 aliphatic heterocycles. The summed E-state index contributed by atoms with van der Waals surface area (Å²) in [6.07, 6.45) is 5.31. The number of aromatic amines is 4. The van der Waals surface area contributed by atoms with Crippen molar-refractivity contribution in [2.45, 2.75) is 123 Å². The molecule has 1 unspecified atom stereocenters. The summed E-state index contributed by atoms with van der Waals surface area (Å²) in [5.74, 6) is 1.89. The first-order valence-electron chi connectivity index (χ1n) is 11.9. The minimum atomic E-state index is -0.0648. The summed E-state index contributed by atoms with van der Waals surface area (Å²) in [5.41, 5.74) is 0. The van der Waals surface area contributed by atoms with Crippen molar-refractivity contribution in [2.24, 2.45) is 5.92 Å². The van der Waals surface area contributed by atoms with E-state index in [0.717, 1.165) is 41.1 Å². The molecular weight excluding hydrogens is 705 g/mol. The van der Waals surface area contributed by atoms with Crippen LogP contribution in [0.1, 0.15) is 103 Å². The van der Waals surface area contributed by atoms with Crippen molar-refractivity contribution in [3.05, 3.63) is 15.8 Å². The molecule has 0 aliphatic carbocycles. The molecule has 8 nitrogen and oxygen atoms in total. The highest BCUT2D eigenvalue weighted by molar-refractivity contribution is 8.01. The van der Waals surface area contributed by atoms with Crippen molar-refractivity contribution in [1.29, 1.82) is 0 Å². The molecule has 1 atom stereocenters. The zero-order chi connectivity index (χ0) is 28.2. The number of rotatable bonds is 10. The normalized spacial score (nSPS) is 9.83. The van der Waals surface area contributed by atoms with Gasteiger partial charge in [-0.1, -0.05) is 135 Å². The van der Waals surface area contributed by atoms with E-state index in [1.807, 2.05) is 25.6 Å². The van der Waals surface area contributed by atoms with Gasteiger partial charge in [-0.3, -0.25) is 20.4 Å². The molecule has 0 amide bonds. The number of hydrogen-bond donors (Lipinski definition) is 5. The van der Waals surface area contributed by atoms with E-state index in [1.165, 1.54) is 30.6 Å². The van der Waals surface area contributed by atoms with Gasteiger partial charge in [0.15, 0.2) is 24.5 Å². The standard InChI is InChI=1S/2C7H12N2S3.C5H12O.C2H2N2S3.4CH4.H2O/c1-3-5(2)4-11-7-9-8-6(10)12-7;1-3-5(4-2)11-7-9-8-6(10)12-7;1-3-5(6)4-2;5-1-3-4-2(6)7-1;;;;;/h2*5H,3-4H2,1-2H3,(H,8,10);5-6H,3-4H2,1-2H3;(H,3,5)(H,4,6);4*1H4;1H2/p-1. The first-order valence-corrected chi connectivity index (χ1v) is 17.9. The molecule has 42 heavy (non-hydrogen) atoms.